The minimum Gasteiger partial charge on any atom is -0.315 e. The lowest BCUT2D eigenvalue weighted by atomic mass is 9.72. The van der Waals surface area contributed by atoms with Crippen LogP contribution in [0.3, 0.4) is 0 Å². The van der Waals surface area contributed by atoms with E-state index in [9.17, 15) is 0 Å². The molecule has 106 valence electrons. The summed E-state index contributed by atoms with van der Waals surface area (Å²) in [5.74, 6) is 0.785. The third-order valence-corrected chi connectivity index (χ3v) is 4.75. The van der Waals surface area contributed by atoms with Crippen LogP contribution in [0.25, 0.3) is 0 Å². The van der Waals surface area contributed by atoms with Crippen molar-refractivity contribution < 1.29 is 0 Å². The van der Waals surface area contributed by atoms with E-state index in [1.165, 1.54) is 38.6 Å². The van der Waals surface area contributed by atoms with E-state index in [-0.39, 0.29) is 0 Å². The quantitative estimate of drug-likeness (QED) is 0.808. The number of nitrogens with one attached hydrogen (secondary N) is 1. The lowest BCUT2D eigenvalue weighted by Crippen LogP contribution is -2.55. The fraction of sp³-hybridized carbons (Fsp3) is 1.00. The molecule has 2 unspecified atom stereocenters. The fourth-order valence-electron chi connectivity index (χ4n) is 3.62. The van der Waals surface area contributed by atoms with Gasteiger partial charge in [0, 0.05) is 24.7 Å². The predicted molar refractivity (Wildman–Crippen MR) is 78.8 cm³/mol. The van der Waals surface area contributed by atoms with Crippen LogP contribution < -0.4 is 5.32 Å². The monoisotopic (exact) mass is 252 g/mol. The van der Waals surface area contributed by atoms with Crippen LogP contribution in [0.5, 0.6) is 0 Å². The summed E-state index contributed by atoms with van der Waals surface area (Å²) in [7, 11) is 2.15. The first-order valence-electron chi connectivity index (χ1n) is 7.86. The highest BCUT2D eigenvalue weighted by Crippen LogP contribution is 2.41. The van der Waals surface area contributed by atoms with Gasteiger partial charge in [0.2, 0.25) is 0 Å². The van der Waals surface area contributed by atoms with Crippen molar-refractivity contribution in [3.8, 4) is 0 Å². The average Bonchev–Trinajstić information content (AvgIpc) is 3.08. The van der Waals surface area contributed by atoms with Gasteiger partial charge < -0.3 is 5.32 Å². The van der Waals surface area contributed by atoms with Crippen LogP contribution in [0.4, 0.5) is 0 Å². The summed E-state index contributed by atoms with van der Waals surface area (Å²) >= 11 is 0. The first-order chi connectivity index (χ1) is 8.43. The van der Waals surface area contributed by atoms with Gasteiger partial charge >= 0.3 is 0 Å². The molecule has 0 heterocycles. The summed E-state index contributed by atoms with van der Waals surface area (Å²) in [6.07, 6.45) is 6.94. The van der Waals surface area contributed by atoms with Crippen LogP contribution in [0.15, 0.2) is 0 Å². The Hall–Kier alpha value is -0.0800. The molecule has 0 spiro atoms. The molecule has 0 aromatic rings. The Labute approximate surface area is 114 Å². The molecular weight excluding hydrogens is 220 g/mol. The van der Waals surface area contributed by atoms with E-state index in [0.717, 1.165) is 18.0 Å². The van der Waals surface area contributed by atoms with E-state index in [1.54, 1.807) is 0 Å². The van der Waals surface area contributed by atoms with Gasteiger partial charge in [0.25, 0.3) is 0 Å². The Morgan fingerprint density at radius 2 is 1.89 bits per heavy atom. The molecule has 2 aliphatic carbocycles. The van der Waals surface area contributed by atoms with Gasteiger partial charge in [-0.15, -0.1) is 0 Å². The Bertz CT molecular complexity index is 268. The fourth-order valence-corrected chi connectivity index (χ4v) is 3.62. The van der Waals surface area contributed by atoms with Crippen molar-refractivity contribution in [1.29, 1.82) is 0 Å². The van der Waals surface area contributed by atoms with Crippen molar-refractivity contribution in [2.75, 3.05) is 13.6 Å². The maximum Gasteiger partial charge on any atom is 0.0257 e. The second kappa shape index (κ2) is 5.50. The molecule has 2 nitrogen and oxygen atoms in total. The van der Waals surface area contributed by atoms with Gasteiger partial charge in [-0.3, -0.25) is 4.90 Å². The third kappa shape index (κ3) is 3.48. The SMILES string of the molecule is CNC1CCC(C)(C)CC1N(CC(C)C)C1CC1. The number of rotatable bonds is 5. The third-order valence-electron chi connectivity index (χ3n) is 4.75. The van der Waals surface area contributed by atoms with Crippen LogP contribution >= 0.6 is 0 Å². The molecule has 0 amide bonds. The normalized spacial score (nSPS) is 32.2. The van der Waals surface area contributed by atoms with E-state index < -0.39 is 0 Å². The first kappa shape index (κ1) is 14.3. The van der Waals surface area contributed by atoms with Crippen molar-refractivity contribution >= 4 is 0 Å². The summed E-state index contributed by atoms with van der Waals surface area (Å²) in [6.45, 7) is 10.9. The van der Waals surface area contributed by atoms with Crippen molar-refractivity contribution in [2.45, 2.75) is 77.9 Å². The summed E-state index contributed by atoms with van der Waals surface area (Å²) in [4.78, 5) is 2.84. The molecular formula is C16H32N2. The number of hydrogen-bond acceptors (Lipinski definition) is 2. The second-order valence-corrected chi connectivity index (χ2v) is 7.69. The van der Waals surface area contributed by atoms with Gasteiger partial charge in [-0.25, -0.2) is 0 Å². The molecule has 2 atom stereocenters. The van der Waals surface area contributed by atoms with E-state index >= 15 is 0 Å². The van der Waals surface area contributed by atoms with E-state index in [4.69, 9.17) is 0 Å². The van der Waals surface area contributed by atoms with Gasteiger partial charge in [0.15, 0.2) is 0 Å². The van der Waals surface area contributed by atoms with Crippen LogP contribution in [-0.4, -0.2) is 36.6 Å². The van der Waals surface area contributed by atoms with Crippen LogP contribution in [0.2, 0.25) is 0 Å². The largest absolute Gasteiger partial charge is 0.315 e. The van der Waals surface area contributed by atoms with Gasteiger partial charge in [0.1, 0.15) is 0 Å². The highest BCUT2D eigenvalue weighted by molar-refractivity contribution is 4.99. The van der Waals surface area contributed by atoms with Crippen molar-refractivity contribution in [2.24, 2.45) is 11.3 Å². The first-order valence-corrected chi connectivity index (χ1v) is 7.86. The number of nitrogens with zero attached hydrogens (tertiary/aromatic N) is 1. The number of likely N-dealkylation sites (N-methyl/N-ethyl adjacent to an activating group) is 1. The smallest absolute Gasteiger partial charge is 0.0257 e. The maximum absolute atomic E-state index is 3.59. The van der Waals surface area contributed by atoms with Gasteiger partial charge in [-0.05, 0) is 50.5 Å². The Morgan fingerprint density at radius 3 is 2.39 bits per heavy atom. The molecule has 2 rings (SSSR count). The van der Waals surface area contributed by atoms with Gasteiger partial charge in [0.05, 0.1) is 0 Å². The lowest BCUT2D eigenvalue weighted by Gasteiger charge is -2.46. The van der Waals surface area contributed by atoms with E-state index in [1.807, 2.05) is 0 Å². The molecule has 18 heavy (non-hydrogen) atoms. The zero-order valence-corrected chi connectivity index (χ0v) is 13.0. The molecule has 0 aliphatic heterocycles. The van der Waals surface area contributed by atoms with Gasteiger partial charge in [-0.2, -0.15) is 0 Å². The maximum atomic E-state index is 3.59. The molecule has 2 heteroatoms. The van der Waals surface area contributed by atoms with E-state index in [0.29, 0.717) is 11.5 Å². The molecule has 0 bridgehead atoms. The summed E-state index contributed by atoms with van der Waals surface area (Å²) < 4.78 is 0. The van der Waals surface area contributed by atoms with Crippen LogP contribution in [0.1, 0.15) is 59.8 Å². The summed E-state index contributed by atoms with van der Waals surface area (Å²) in [5, 5.41) is 3.59. The molecule has 2 fully saturated rings. The highest BCUT2D eigenvalue weighted by atomic mass is 15.2. The van der Waals surface area contributed by atoms with Crippen LogP contribution in [-0.2, 0) is 0 Å². The van der Waals surface area contributed by atoms with Gasteiger partial charge in [-0.1, -0.05) is 27.7 Å². The predicted octanol–water partition coefficient (Wildman–Crippen LogP) is 3.27. The molecule has 0 aromatic heterocycles. The van der Waals surface area contributed by atoms with Crippen LogP contribution in [0, 0.1) is 11.3 Å². The minimum atomic E-state index is 0.530. The minimum absolute atomic E-state index is 0.530. The van der Waals surface area contributed by atoms with E-state index in [2.05, 4.69) is 45.0 Å². The topological polar surface area (TPSA) is 15.3 Å². The Kier molecular flexibility index (Phi) is 4.38. The molecule has 0 aromatic carbocycles. The Balaban J connectivity index is 2.08. The molecule has 0 saturated heterocycles. The molecule has 2 saturated carbocycles. The lowest BCUT2D eigenvalue weighted by molar-refractivity contribution is 0.0539. The van der Waals surface area contributed by atoms with Crippen molar-refractivity contribution in [1.82, 2.24) is 10.2 Å². The molecule has 1 N–H and O–H groups in total. The van der Waals surface area contributed by atoms with Crippen molar-refractivity contribution in [3.63, 3.8) is 0 Å². The van der Waals surface area contributed by atoms with Crippen molar-refractivity contribution in [3.05, 3.63) is 0 Å². The molecule has 0 radical (unpaired) electrons. The molecule has 2 aliphatic rings. The average molecular weight is 252 g/mol. The zero-order chi connectivity index (χ0) is 13.3. The zero-order valence-electron chi connectivity index (χ0n) is 13.0. The summed E-state index contributed by atoms with van der Waals surface area (Å²) in [5.41, 5.74) is 0.530. The Morgan fingerprint density at radius 1 is 1.22 bits per heavy atom. The highest BCUT2D eigenvalue weighted by Gasteiger charge is 2.42. The number of hydrogen-bond donors (Lipinski definition) is 1. The second-order valence-electron chi connectivity index (χ2n) is 7.69. The summed E-state index contributed by atoms with van der Waals surface area (Å²) in [6, 6.07) is 2.35. The standard InChI is InChI=1S/C16H32N2/c1-12(2)11-18(13-6-7-13)15-10-16(3,4)9-8-14(15)17-5/h12-15,17H,6-11H2,1-5H3.